The second-order valence-electron chi connectivity index (χ2n) is 6.09. The monoisotopic (exact) mass is 418 g/mol. The van der Waals surface area contributed by atoms with Gasteiger partial charge in [0.05, 0.1) is 0 Å². The second-order valence-corrected chi connectivity index (χ2v) is 6.67. The predicted octanol–water partition coefficient (Wildman–Crippen LogP) is 6.21. The van der Waals surface area contributed by atoms with Crippen LogP contribution in [0.5, 0.6) is 0 Å². The fraction of sp³-hybridized carbons (Fsp3) is 1.00. The van der Waals surface area contributed by atoms with Crippen LogP contribution in [-0.4, -0.2) is 29.8 Å². The van der Waals surface area contributed by atoms with Crippen LogP contribution < -0.4 is 0 Å². The maximum atomic E-state index is 2.83. The standard InChI is InChI=1S/C18H39P.H2Te/c1-2-3-4-5-6-7-8-9-10-11-12-13-14-15-16-17-18-19;/h2-19H2,1H3;1H2. The Morgan fingerprint density at radius 2 is 0.700 bits per heavy atom. The van der Waals surface area contributed by atoms with Crippen LogP contribution in [0.2, 0.25) is 0 Å². The maximum absolute atomic E-state index is 2.83. The Kier molecular flexibility index (Phi) is 26.4. The van der Waals surface area contributed by atoms with E-state index in [4.69, 9.17) is 0 Å². The quantitative estimate of drug-likeness (QED) is 0.160. The Morgan fingerprint density at radius 3 is 0.950 bits per heavy atom. The van der Waals surface area contributed by atoms with Gasteiger partial charge in [0.25, 0.3) is 0 Å². The fourth-order valence-electron chi connectivity index (χ4n) is 2.69. The Morgan fingerprint density at radius 1 is 0.450 bits per heavy atom. The first-order valence-corrected chi connectivity index (χ1v) is 9.93. The van der Waals surface area contributed by atoms with Crippen LogP contribution >= 0.6 is 9.24 Å². The Balaban J connectivity index is 0. The topological polar surface area (TPSA) is 0 Å². The van der Waals surface area contributed by atoms with Gasteiger partial charge in [0.2, 0.25) is 0 Å². The van der Waals surface area contributed by atoms with Gasteiger partial charge in [0.1, 0.15) is 0 Å². The first-order valence-electron chi connectivity index (χ1n) is 9.12. The van der Waals surface area contributed by atoms with Gasteiger partial charge in [-0.1, -0.05) is 103 Å². The van der Waals surface area contributed by atoms with Crippen LogP contribution in [0.15, 0.2) is 0 Å². The molecule has 0 N–H and O–H groups in total. The molecule has 124 valence electrons. The molecule has 1 atom stereocenters. The van der Waals surface area contributed by atoms with Crippen molar-refractivity contribution in [2.45, 2.75) is 110 Å². The molecule has 0 aromatic rings. The third-order valence-corrected chi connectivity index (χ3v) is 4.47. The molecule has 0 aromatic heterocycles. The van der Waals surface area contributed by atoms with E-state index in [1.165, 1.54) is 109 Å². The van der Waals surface area contributed by atoms with Gasteiger partial charge in [0.15, 0.2) is 0 Å². The summed E-state index contributed by atoms with van der Waals surface area (Å²) in [6.45, 7) is 2.29. The molecule has 0 fully saturated rings. The molecule has 0 aromatic carbocycles. The molecule has 1 unspecified atom stereocenters. The van der Waals surface area contributed by atoms with Crippen LogP contribution in [-0.2, 0) is 0 Å². The summed E-state index contributed by atoms with van der Waals surface area (Å²) in [6, 6.07) is 0. The van der Waals surface area contributed by atoms with Crippen molar-refractivity contribution in [1.82, 2.24) is 0 Å². The van der Waals surface area contributed by atoms with Gasteiger partial charge in [-0.25, -0.2) is 0 Å². The van der Waals surface area contributed by atoms with Crippen molar-refractivity contribution in [2.75, 3.05) is 6.16 Å². The van der Waals surface area contributed by atoms with Crippen LogP contribution in [0.25, 0.3) is 0 Å². The van der Waals surface area contributed by atoms with Crippen molar-refractivity contribution in [1.29, 1.82) is 0 Å². The summed E-state index contributed by atoms with van der Waals surface area (Å²) in [6.07, 6.45) is 24.7. The van der Waals surface area contributed by atoms with E-state index in [0.717, 1.165) is 0 Å². The zero-order chi connectivity index (χ0) is 14.0. The first kappa shape index (κ1) is 23.5. The first-order chi connectivity index (χ1) is 9.41. The van der Waals surface area contributed by atoms with E-state index < -0.39 is 0 Å². The zero-order valence-corrected chi connectivity index (χ0v) is 18.1. The van der Waals surface area contributed by atoms with Crippen molar-refractivity contribution in [3.63, 3.8) is 0 Å². The van der Waals surface area contributed by atoms with Gasteiger partial charge in [0, 0.05) is 0 Å². The average molecular weight is 416 g/mol. The molecule has 0 spiro atoms. The van der Waals surface area contributed by atoms with Crippen molar-refractivity contribution in [3.8, 4) is 0 Å². The van der Waals surface area contributed by atoms with E-state index in [1.807, 2.05) is 0 Å². The molecule has 0 bridgehead atoms. The van der Waals surface area contributed by atoms with E-state index in [0.29, 0.717) is 0 Å². The molecule has 0 aliphatic carbocycles. The minimum atomic E-state index is 0. The van der Waals surface area contributed by atoms with Crippen LogP contribution in [0.1, 0.15) is 110 Å². The molecule has 0 heterocycles. The molecule has 0 saturated heterocycles. The number of unbranched alkanes of at least 4 members (excludes halogenated alkanes) is 15. The van der Waals surface area contributed by atoms with E-state index in [9.17, 15) is 0 Å². The zero-order valence-electron chi connectivity index (χ0n) is 14.1. The van der Waals surface area contributed by atoms with Gasteiger partial charge in [-0.2, -0.15) is 0 Å². The predicted molar refractivity (Wildman–Crippen MR) is 103 cm³/mol. The number of hydrogen-bond donors (Lipinski definition) is 0. The summed E-state index contributed by atoms with van der Waals surface area (Å²) in [5.74, 6) is 0. The number of rotatable bonds is 16. The third kappa shape index (κ3) is 21.5. The van der Waals surface area contributed by atoms with Crippen molar-refractivity contribution in [2.24, 2.45) is 0 Å². The molecule has 2 heteroatoms. The van der Waals surface area contributed by atoms with E-state index in [1.54, 1.807) is 0 Å². The van der Waals surface area contributed by atoms with Crippen LogP contribution in [0.4, 0.5) is 0 Å². The molecule has 0 aliphatic heterocycles. The molecule has 0 saturated carbocycles. The van der Waals surface area contributed by atoms with Crippen LogP contribution in [0.3, 0.4) is 0 Å². The molecule has 20 heavy (non-hydrogen) atoms. The summed E-state index contributed by atoms with van der Waals surface area (Å²) in [5, 5.41) is 0. The van der Waals surface area contributed by atoms with Gasteiger partial charge >= 0.3 is 23.7 Å². The Labute approximate surface area is 148 Å². The summed E-state index contributed by atoms with van der Waals surface area (Å²) >= 11 is 0. The van der Waals surface area contributed by atoms with Gasteiger partial charge in [-0.05, 0) is 12.6 Å². The van der Waals surface area contributed by atoms with Crippen molar-refractivity contribution >= 4 is 32.9 Å². The van der Waals surface area contributed by atoms with Gasteiger partial charge in [-0.15, -0.1) is 9.24 Å². The molecule has 0 aliphatic rings. The molecule has 0 rings (SSSR count). The van der Waals surface area contributed by atoms with E-state index in [2.05, 4.69) is 16.2 Å². The molecule has 0 nitrogen and oxygen atoms in total. The van der Waals surface area contributed by atoms with Crippen LogP contribution in [0, 0.1) is 0 Å². The molecule has 0 amide bonds. The second kappa shape index (κ2) is 22.5. The normalized spacial score (nSPS) is 10.5. The number of hydrogen-bond acceptors (Lipinski definition) is 0. The Hall–Kier alpha value is 1.22. The minimum absolute atomic E-state index is 0. The summed E-state index contributed by atoms with van der Waals surface area (Å²) in [7, 11) is 2.83. The molecular formula is C18H41PTe. The summed E-state index contributed by atoms with van der Waals surface area (Å²) in [5.41, 5.74) is 0. The van der Waals surface area contributed by atoms with Crippen molar-refractivity contribution < 1.29 is 0 Å². The molecular weight excluding hydrogens is 375 g/mol. The molecule has 0 radical (unpaired) electrons. The van der Waals surface area contributed by atoms with E-state index >= 15 is 0 Å². The fourth-order valence-corrected chi connectivity index (χ4v) is 2.98. The van der Waals surface area contributed by atoms with E-state index in [-0.39, 0.29) is 23.7 Å². The summed E-state index contributed by atoms with van der Waals surface area (Å²) in [4.78, 5) is 0. The summed E-state index contributed by atoms with van der Waals surface area (Å²) < 4.78 is 0. The average Bonchev–Trinajstić information content (AvgIpc) is 2.43. The van der Waals surface area contributed by atoms with Crippen molar-refractivity contribution in [3.05, 3.63) is 0 Å². The van der Waals surface area contributed by atoms with Gasteiger partial charge < -0.3 is 0 Å². The third-order valence-electron chi connectivity index (χ3n) is 4.06. The van der Waals surface area contributed by atoms with Gasteiger partial charge in [-0.3, -0.25) is 0 Å². The SMILES string of the molecule is CCCCCCCCCCCCCCCCCCP.[TeH2]. The Bertz CT molecular complexity index is 134.